The van der Waals surface area contributed by atoms with Crippen LogP contribution in [-0.4, -0.2) is 28.4 Å². The quantitative estimate of drug-likeness (QED) is 0.478. The third kappa shape index (κ3) is 3.30. The highest BCUT2D eigenvalue weighted by atomic mass is 35.5. The molecule has 1 aromatic heterocycles. The second-order valence-corrected chi connectivity index (χ2v) is 4.34. The van der Waals surface area contributed by atoms with E-state index < -0.39 is 4.92 Å². The van der Waals surface area contributed by atoms with Crippen molar-refractivity contribution in [3.8, 4) is 0 Å². The lowest BCUT2D eigenvalue weighted by molar-refractivity contribution is -0.384. The largest absolute Gasteiger partial charge is 0.355 e. The van der Waals surface area contributed by atoms with Crippen LogP contribution < -0.4 is 10.6 Å². The summed E-state index contributed by atoms with van der Waals surface area (Å²) in [6, 6.07) is 2.83. The van der Waals surface area contributed by atoms with E-state index in [1.807, 2.05) is 0 Å². The van der Waals surface area contributed by atoms with Gasteiger partial charge < -0.3 is 10.6 Å². The van der Waals surface area contributed by atoms with Gasteiger partial charge in [-0.05, 0) is 18.9 Å². The Labute approximate surface area is 108 Å². The fraction of sp³-hybridized carbons (Fsp3) is 0.400. The number of nitro groups is 1. The van der Waals surface area contributed by atoms with Crippen LogP contribution in [0.1, 0.15) is 12.8 Å². The second kappa shape index (κ2) is 5.18. The molecule has 1 aromatic rings. The molecule has 1 heterocycles. The molecular formula is C10H11ClN4O3. The summed E-state index contributed by atoms with van der Waals surface area (Å²) in [4.78, 5) is 25.4. The van der Waals surface area contributed by atoms with E-state index in [4.69, 9.17) is 11.6 Å². The molecule has 0 unspecified atom stereocenters. The lowest BCUT2D eigenvalue weighted by atomic mass is 10.4. The highest BCUT2D eigenvalue weighted by Crippen LogP contribution is 2.23. The van der Waals surface area contributed by atoms with Gasteiger partial charge in [0.1, 0.15) is 5.15 Å². The van der Waals surface area contributed by atoms with Crippen molar-refractivity contribution in [1.82, 2.24) is 10.3 Å². The molecule has 1 fully saturated rings. The van der Waals surface area contributed by atoms with Crippen molar-refractivity contribution < 1.29 is 9.72 Å². The number of aromatic nitrogens is 1. The number of anilines is 1. The fourth-order valence-corrected chi connectivity index (χ4v) is 1.52. The van der Waals surface area contributed by atoms with E-state index in [-0.39, 0.29) is 35.2 Å². The molecule has 0 spiro atoms. The number of carbonyl (C=O) groups excluding carboxylic acids is 1. The molecule has 0 aliphatic heterocycles. The van der Waals surface area contributed by atoms with Crippen molar-refractivity contribution in [2.75, 3.05) is 11.9 Å². The first-order chi connectivity index (χ1) is 8.56. The number of pyridine rings is 1. The molecule has 0 radical (unpaired) electrons. The number of nitrogens with zero attached hydrogens (tertiary/aromatic N) is 2. The summed E-state index contributed by atoms with van der Waals surface area (Å²) in [5.41, 5.74) is -0.210. The molecule has 2 N–H and O–H groups in total. The maximum Gasteiger partial charge on any atom is 0.311 e. The van der Waals surface area contributed by atoms with E-state index in [0.717, 1.165) is 12.8 Å². The van der Waals surface area contributed by atoms with Gasteiger partial charge >= 0.3 is 5.69 Å². The number of rotatable bonds is 5. The lowest BCUT2D eigenvalue weighted by Crippen LogP contribution is -2.31. The van der Waals surface area contributed by atoms with Gasteiger partial charge in [0.05, 0.1) is 11.5 Å². The van der Waals surface area contributed by atoms with Gasteiger partial charge in [-0.1, -0.05) is 11.6 Å². The zero-order valence-electron chi connectivity index (χ0n) is 9.35. The zero-order valence-corrected chi connectivity index (χ0v) is 10.1. The average Bonchev–Trinajstić information content (AvgIpc) is 3.10. The first kappa shape index (κ1) is 12.6. The number of hydrogen-bond acceptors (Lipinski definition) is 5. The van der Waals surface area contributed by atoms with E-state index in [9.17, 15) is 14.9 Å². The van der Waals surface area contributed by atoms with Gasteiger partial charge in [0.15, 0.2) is 0 Å². The summed E-state index contributed by atoms with van der Waals surface area (Å²) in [6.45, 7) is -0.0648. The molecule has 7 nitrogen and oxygen atoms in total. The topological polar surface area (TPSA) is 97.2 Å². The zero-order chi connectivity index (χ0) is 13.1. The lowest BCUT2D eigenvalue weighted by Gasteiger charge is -2.06. The molecule has 0 bridgehead atoms. The van der Waals surface area contributed by atoms with Crippen LogP contribution in [0.3, 0.4) is 0 Å². The summed E-state index contributed by atoms with van der Waals surface area (Å²) in [5.74, 6) is -0.216. The van der Waals surface area contributed by atoms with Crippen LogP contribution in [0.5, 0.6) is 0 Å². The Morgan fingerprint density at radius 1 is 1.56 bits per heavy atom. The Morgan fingerprint density at radius 2 is 2.28 bits per heavy atom. The monoisotopic (exact) mass is 270 g/mol. The predicted molar refractivity (Wildman–Crippen MR) is 65.6 cm³/mol. The van der Waals surface area contributed by atoms with E-state index in [1.54, 1.807) is 0 Å². The Morgan fingerprint density at radius 3 is 2.89 bits per heavy atom. The maximum absolute atomic E-state index is 11.4. The van der Waals surface area contributed by atoms with Crippen molar-refractivity contribution in [3.63, 3.8) is 0 Å². The van der Waals surface area contributed by atoms with Crippen LogP contribution in [-0.2, 0) is 4.79 Å². The number of hydrogen-bond donors (Lipinski definition) is 2. The summed E-state index contributed by atoms with van der Waals surface area (Å²) in [7, 11) is 0. The SMILES string of the molecule is O=C(CNc1nc(Cl)ccc1[N+](=O)[O-])NC1CC1. The van der Waals surface area contributed by atoms with Crippen LogP contribution in [0.15, 0.2) is 12.1 Å². The normalized spacial score (nSPS) is 14.1. The van der Waals surface area contributed by atoms with Crippen molar-refractivity contribution >= 4 is 29.0 Å². The van der Waals surface area contributed by atoms with E-state index in [0.29, 0.717) is 0 Å². The molecule has 0 aromatic carbocycles. The Kier molecular flexibility index (Phi) is 3.61. The Balaban J connectivity index is 2.00. The number of carbonyl (C=O) groups is 1. The van der Waals surface area contributed by atoms with Crippen LogP contribution in [0, 0.1) is 10.1 Å². The van der Waals surface area contributed by atoms with Crippen LogP contribution >= 0.6 is 11.6 Å². The van der Waals surface area contributed by atoms with Crippen LogP contribution in [0.2, 0.25) is 5.15 Å². The van der Waals surface area contributed by atoms with Crippen molar-refractivity contribution in [2.45, 2.75) is 18.9 Å². The van der Waals surface area contributed by atoms with Crippen LogP contribution in [0.25, 0.3) is 0 Å². The van der Waals surface area contributed by atoms with Gasteiger partial charge in [0, 0.05) is 12.1 Å². The minimum Gasteiger partial charge on any atom is -0.355 e. The molecule has 1 aliphatic rings. The van der Waals surface area contributed by atoms with E-state index >= 15 is 0 Å². The molecule has 2 rings (SSSR count). The molecule has 96 valence electrons. The van der Waals surface area contributed by atoms with Crippen molar-refractivity contribution in [1.29, 1.82) is 0 Å². The number of amides is 1. The van der Waals surface area contributed by atoms with Crippen molar-refractivity contribution in [2.24, 2.45) is 0 Å². The minimum absolute atomic E-state index is 0.00144. The summed E-state index contributed by atoms with van der Waals surface area (Å²) in [5, 5.41) is 16.3. The minimum atomic E-state index is -0.579. The fourth-order valence-electron chi connectivity index (χ4n) is 1.38. The first-order valence-electron chi connectivity index (χ1n) is 5.40. The van der Waals surface area contributed by atoms with Crippen molar-refractivity contribution in [3.05, 3.63) is 27.4 Å². The smallest absolute Gasteiger partial charge is 0.311 e. The highest BCUT2D eigenvalue weighted by Gasteiger charge is 2.23. The maximum atomic E-state index is 11.4. The third-order valence-electron chi connectivity index (χ3n) is 2.40. The van der Waals surface area contributed by atoms with E-state index in [1.165, 1.54) is 12.1 Å². The second-order valence-electron chi connectivity index (χ2n) is 3.95. The molecule has 8 heteroatoms. The molecule has 0 atom stereocenters. The highest BCUT2D eigenvalue weighted by molar-refractivity contribution is 6.29. The summed E-state index contributed by atoms with van der Waals surface area (Å²) >= 11 is 5.66. The Hall–Kier alpha value is -1.89. The molecule has 0 saturated heterocycles. The van der Waals surface area contributed by atoms with Gasteiger partial charge in [-0.2, -0.15) is 0 Å². The Bertz CT molecular complexity index is 490. The van der Waals surface area contributed by atoms with Gasteiger partial charge in [-0.25, -0.2) is 4.98 Å². The molecule has 1 aliphatic carbocycles. The standard InChI is InChI=1S/C10H11ClN4O3/c11-8-4-3-7(15(17)18)10(14-8)12-5-9(16)13-6-1-2-6/h3-4,6H,1-2,5H2,(H,12,14)(H,13,16). The van der Waals surface area contributed by atoms with Gasteiger partial charge in [0.2, 0.25) is 11.7 Å². The van der Waals surface area contributed by atoms with Crippen LogP contribution in [0.4, 0.5) is 11.5 Å². The average molecular weight is 271 g/mol. The third-order valence-corrected chi connectivity index (χ3v) is 2.61. The molecule has 1 amide bonds. The number of nitrogens with one attached hydrogen (secondary N) is 2. The number of halogens is 1. The summed E-state index contributed by atoms with van der Waals surface area (Å²) in [6.07, 6.45) is 1.97. The van der Waals surface area contributed by atoms with E-state index in [2.05, 4.69) is 15.6 Å². The molecule has 1 saturated carbocycles. The predicted octanol–water partition coefficient (Wildman–Crippen LogP) is 1.33. The molecular weight excluding hydrogens is 260 g/mol. The van der Waals surface area contributed by atoms with Gasteiger partial charge in [0.25, 0.3) is 0 Å². The first-order valence-corrected chi connectivity index (χ1v) is 5.78. The summed E-state index contributed by atoms with van der Waals surface area (Å²) < 4.78 is 0. The van der Waals surface area contributed by atoms with Gasteiger partial charge in [-0.3, -0.25) is 14.9 Å². The molecule has 18 heavy (non-hydrogen) atoms. The van der Waals surface area contributed by atoms with Gasteiger partial charge in [-0.15, -0.1) is 0 Å².